The molecule has 3 nitrogen and oxygen atoms in total. The molecule has 1 aliphatic rings. The monoisotopic (exact) mass is 302 g/mol. The molecule has 1 saturated heterocycles. The van der Waals surface area contributed by atoms with Gasteiger partial charge in [-0.3, -0.25) is 4.79 Å². The second-order valence-corrected chi connectivity index (χ2v) is 5.88. The van der Waals surface area contributed by atoms with E-state index in [4.69, 9.17) is 17.3 Å². The summed E-state index contributed by atoms with van der Waals surface area (Å²) >= 11 is 6.14. The van der Waals surface area contributed by atoms with Crippen molar-refractivity contribution in [1.82, 2.24) is 4.90 Å². The van der Waals surface area contributed by atoms with E-state index in [0.29, 0.717) is 23.7 Å². The number of rotatable bonds is 2. The molecule has 1 atom stereocenters. The quantitative estimate of drug-likeness (QED) is 0.913. The van der Waals surface area contributed by atoms with Gasteiger partial charge in [0.2, 0.25) is 0 Å². The first kappa shape index (κ1) is 16.3. The van der Waals surface area contributed by atoms with Crippen LogP contribution in [0.15, 0.2) is 18.2 Å². The maximum Gasteiger partial charge on any atom is 0.255 e. The van der Waals surface area contributed by atoms with Crippen molar-refractivity contribution in [3.05, 3.63) is 34.3 Å². The summed E-state index contributed by atoms with van der Waals surface area (Å²) in [5.74, 6) is 0.0113. The van der Waals surface area contributed by atoms with Gasteiger partial charge in [0, 0.05) is 13.1 Å². The Morgan fingerprint density at radius 2 is 2.21 bits per heavy atom. The molecule has 19 heavy (non-hydrogen) atoms. The van der Waals surface area contributed by atoms with Gasteiger partial charge in [0.1, 0.15) is 0 Å². The molecule has 1 aromatic carbocycles. The number of aryl methyl sites for hydroxylation is 1. The van der Waals surface area contributed by atoms with Gasteiger partial charge in [-0.1, -0.05) is 24.6 Å². The molecule has 0 spiro atoms. The smallest absolute Gasteiger partial charge is 0.255 e. The van der Waals surface area contributed by atoms with Crippen molar-refractivity contribution in [2.75, 3.05) is 19.6 Å². The molecule has 0 aromatic heterocycles. The van der Waals surface area contributed by atoms with E-state index in [-0.39, 0.29) is 23.7 Å². The van der Waals surface area contributed by atoms with E-state index in [2.05, 4.69) is 6.92 Å². The predicted octanol–water partition coefficient (Wildman–Crippen LogP) is 2.88. The third-order valence-electron chi connectivity index (χ3n) is 3.69. The first-order valence-corrected chi connectivity index (χ1v) is 6.58. The molecular formula is C14H20Cl2N2O. The molecule has 1 amide bonds. The minimum atomic E-state index is 0. The average Bonchev–Trinajstić information content (AvgIpc) is 2.72. The summed E-state index contributed by atoms with van der Waals surface area (Å²) in [4.78, 5) is 14.2. The van der Waals surface area contributed by atoms with Crippen LogP contribution in [0, 0.1) is 12.3 Å². The lowest BCUT2D eigenvalue weighted by Crippen LogP contribution is -2.34. The van der Waals surface area contributed by atoms with Crippen molar-refractivity contribution in [2.45, 2.75) is 20.3 Å². The second-order valence-electron chi connectivity index (χ2n) is 5.47. The summed E-state index contributed by atoms with van der Waals surface area (Å²) in [6, 6.07) is 5.54. The molecule has 2 rings (SSSR count). The van der Waals surface area contributed by atoms with Gasteiger partial charge in [-0.2, -0.15) is 0 Å². The zero-order valence-electron chi connectivity index (χ0n) is 11.3. The molecule has 1 aliphatic heterocycles. The average molecular weight is 303 g/mol. The highest BCUT2D eigenvalue weighted by molar-refractivity contribution is 6.33. The second kappa shape index (κ2) is 6.12. The Morgan fingerprint density at radius 3 is 2.74 bits per heavy atom. The zero-order chi connectivity index (χ0) is 13.3. The zero-order valence-corrected chi connectivity index (χ0v) is 12.9. The number of carbonyl (C=O) groups is 1. The Balaban J connectivity index is 0.00000180. The van der Waals surface area contributed by atoms with Gasteiger partial charge in [0.15, 0.2) is 0 Å². The van der Waals surface area contributed by atoms with E-state index >= 15 is 0 Å². The summed E-state index contributed by atoms with van der Waals surface area (Å²) in [5, 5.41) is 0.529. The molecule has 106 valence electrons. The number of amides is 1. The van der Waals surface area contributed by atoms with Crippen LogP contribution in [0.5, 0.6) is 0 Å². The fraction of sp³-hybridized carbons (Fsp3) is 0.500. The van der Waals surface area contributed by atoms with Crippen molar-refractivity contribution < 1.29 is 4.79 Å². The summed E-state index contributed by atoms with van der Waals surface area (Å²) < 4.78 is 0. The van der Waals surface area contributed by atoms with Crippen LogP contribution in [0.25, 0.3) is 0 Å². The molecule has 1 heterocycles. The first-order chi connectivity index (χ1) is 8.45. The standard InChI is InChI=1S/C14H19ClN2O.ClH/c1-10-3-4-11(12(15)7-10)13(18)17-6-5-14(2,8-16)9-17;/h3-4,7H,5-6,8-9,16H2,1-2H3;1H. The maximum absolute atomic E-state index is 12.4. The minimum absolute atomic E-state index is 0. The lowest BCUT2D eigenvalue weighted by molar-refractivity contribution is 0.0777. The van der Waals surface area contributed by atoms with Gasteiger partial charge < -0.3 is 10.6 Å². The topological polar surface area (TPSA) is 46.3 Å². The van der Waals surface area contributed by atoms with Gasteiger partial charge in [0.25, 0.3) is 5.91 Å². The van der Waals surface area contributed by atoms with E-state index in [1.54, 1.807) is 6.07 Å². The molecule has 0 aliphatic carbocycles. The Morgan fingerprint density at radius 1 is 1.53 bits per heavy atom. The summed E-state index contributed by atoms with van der Waals surface area (Å²) in [5.41, 5.74) is 7.45. The van der Waals surface area contributed by atoms with Gasteiger partial charge in [-0.15, -0.1) is 12.4 Å². The summed E-state index contributed by atoms with van der Waals surface area (Å²) in [7, 11) is 0. The van der Waals surface area contributed by atoms with Gasteiger partial charge in [-0.25, -0.2) is 0 Å². The van der Waals surface area contributed by atoms with E-state index in [1.165, 1.54) is 0 Å². The predicted molar refractivity (Wildman–Crippen MR) is 81.1 cm³/mol. The molecule has 0 bridgehead atoms. The molecule has 2 N–H and O–H groups in total. The Hall–Kier alpha value is -0.770. The van der Waals surface area contributed by atoms with Crippen LogP contribution >= 0.6 is 24.0 Å². The van der Waals surface area contributed by atoms with Gasteiger partial charge in [-0.05, 0) is 43.0 Å². The normalized spacial score (nSPS) is 22.2. The fourth-order valence-corrected chi connectivity index (χ4v) is 2.64. The number of hydrogen-bond donors (Lipinski definition) is 1. The lowest BCUT2D eigenvalue weighted by atomic mass is 9.90. The van der Waals surface area contributed by atoms with Crippen molar-refractivity contribution >= 4 is 29.9 Å². The number of nitrogens with two attached hydrogens (primary N) is 1. The van der Waals surface area contributed by atoms with Crippen molar-refractivity contribution in [1.29, 1.82) is 0 Å². The number of carbonyl (C=O) groups excluding carboxylic acids is 1. The lowest BCUT2D eigenvalue weighted by Gasteiger charge is -2.22. The van der Waals surface area contributed by atoms with Crippen LogP contribution in [-0.4, -0.2) is 30.4 Å². The van der Waals surface area contributed by atoms with Crippen molar-refractivity contribution in [2.24, 2.45) is 11.1 Å². The number of benzene rings is 1. The third-order valence-corrected chi connectivity index (χ3v) is 4.01. The highest BCUT2D eigenvalue weighted by atomic mass is 35.5. The van der Waals surface area contributed by atoms with Crippen LogP contribution in [0.2, 0.25) is 5.02 Å². The van der Waals surface area contributed by atoms with E-state index in [0.717, 1.165) is 18.5 Å². The Labute approximate surface area is 125 Å². The van der Waals surface area contributed by atoms with Crippen molar-refractivity contribution in [3.63, 3.8) is 0 Å². The van der Waals surface area contributed by atoms with E-state index < -0.39 is 0 Å². The molecular weight excluding hydrogens is 283 g/mol. The fourth-order valence-electron chi connectivity index (χ4n) is 2.33. The van der Waals surface area contributed by atoms with E-state index in [9.17, 15) is 4.79 Å². The van der Waals surface area contributed by atoms with Crippen LogP contribution in [0.3, 0.4) is 0 Å². The van der Waals surface area contributed by atoms with Crippen molar-refractivity contribution in [3.8, 4) is 0 Å². The highest BCUT2D eigenvalue weighted by Gasteiger charge is 2.35. The molecule has 0 radical (unpaired) electrons. The Kier molecular flexibility index (Phi) is 5.25. The maximum atomic E-state index is 12.4. The van der Waals surface area contributed by atoms with Gasteiger partial charge in [0.05, 0.1) is 10.6 Å². The summed E-state index contributed by atoms with van der Waals surface area (Å²) in [6.45, 7) is 6.17. The molecule has 5 heteroatoms. The van der Waals surface area contributed by atoms with Crippen LogP contribution < -0.4 is 5.73 Å². The number of halogens is 2. The number of likely N-dealkylation sites (tertiary alicyclic amines) is 1. The molecule has 0 saturated carbocycles. The van der Waals surface area contributed by atoms with Crippen LogP contribution in [0.4, 0.5) is 0 Å². The van der Waals surface area contributed by atoms with Crippen LogP contribution in [0.1, 0.15) is 29.3 Å². The number of hydrogen-bond acceptors (Lipinski definition) is 2. The highest BCUT2D eigenvalue weighted by Crippen LogP contribution is 2.30. The van der Waals surface area contributed by atoms with Gasteiger partial charge >= 0.3 is 0 Å². The third kappa shape index (κ3) is 3.41. The molecule has 1 fully saturated rings. The first-order valence-electron chi connectivity index (χ1n) is 6.21. The Bertz CT molecular complexity index is 479. The largest absolute Gasteiger partial charge is 0.338 e. The van der Waals surface area contributed by atoms with E-state index in [1.807, 2.05) is 24.0 Å². The SMILES string of the molecule is Cc1ccc(C(=O)N2CCC(C)(CN)C2)c(Cl)c1.Cl. The minimum Gasteiger partial charge on any atom is -0.338 e. The molecule has 1 aromatic rings. The van der Waals surface area contributed by atoms with Crippen LogP contribution in [-0.2, 0) is 0 Å². The molecule has 1 unspecified atom stereocenters. The number of nitrogens with zero attached hydrogens (tertiary/aromatic N) is 1. The summed E-state index contributed by atoms with van der Waals surface area (Å²) in [6.07, 6.45) is 0.957.